The van der Waals surface area contributed by atoms with Gasteiger partial charge in [-0.3, -0.25) is 9.79 Å². The zero-order valence-corrected chi connectivity index (χ0v) is 14.7. The van der Waals surface area contributed by atoms with Crippen molar-refractivity contribution in [3.63, 3.8) is 0 Å². The van der Waals surface area contributed by atoms with E-state index in [9.17, 15) is 4.79 Å². The summed E-state index contributed by atoms with van der Waals surface area (Å²) in [5.74, 6) is 0.756. The summed E-state index contributed by atoms with van der Waals surface area (Å²) in [5, 5.41) is 6.58. The first kappa shape index (κ1) is 17.8. The first-order valence-corrected chi connectivity index (χ1v) is 7.72. The van der Waals surface area contributed by atoms with Gasteiger partial charge in [0.25, 0.3) is 0 Å². The quantitative estimate of drug-likeness (QED) is 0.617. The molecule has 0 aromatic carbocycles. The van der Waals surface area contributed by atoms with Gasteiger partial charge >= 0.3 is 0 Å². The zero-order chi connectivity index (χ0) is 16.3. The number of nitrogens with zero attached hydrogens (tertiary/aromatic N) is 2. The molecule has 21 heavy (non-hydrogen) atoms. The van der Waals surface area contributed by atoms with Crippen LogP contribution in [-0.4, -0.2) is 50.5 Å². The average Bonchev–Trinajstić information content (AvgIpc) is 2.29. The second kappa shape index (κ2) is 6.67. The molecule has 0 heterocycles. The SMILES string of the molecule is CN=C(NCC(=O)N(C)C)NC1CC(C)(C)CC(C)(C)C1. The predicted molar refractivity (Wildman–Crippen MR) is 88.4 cm³/mol. The molecule has 0 aromatic heterocycles. The van der Waals surface area contributed by atoms with Gasteiger partial charge in [-0.1, -0.05) is 27.7 Å². The minimum Gasteiger partial charge on any atom is -0.354 e. The monoisotopic (exact) mass is 296 g/mol. The maximum atomic E-state index is 11.6. The summed E-state index contributed by atoms with van der Waals surface area (Å²) in [6, 6.07) is 0.393. The standard InChI is InChI=1S/C16H32N4O/c1-15(2)8-12(9-16(3,4)11-15)19-14(17-5)18-10-13(21)20(6)7/h12H,8-11H2,1-7H3,(H2,17,18,19). The van der Waals surface area contributed by atoms with Crippen LogP contribution in [0.1, 0.15) is 47.0 Å². The van der Waals surface area contributed by atoms with Crippen LogP contribution < -0.4 is 10.6 Å². The normalized spacial score (nSPS) is 21.8. The van der Waals surface area contributed by atoms with Crippen molar-refractivity contribution in [2.45, 2.75) is 53.0 Å². The van der Waals surface area contributed by atoms with Crippen LogP contribution in [0.3, 0.4) is 0 Å². The maximum Gasteiger partial charge on any atom is 0.241 e. The van der Waals surface area contributed by atoms with Crippen LogP contribution in [0.4, 0.5) is 0 Å². The number of carbonyl (C=O) groups excluding carboxylic acids is 1. The Morgan fingerprint density at radius 3 is 2.14 bits per heavy atom. The van der Waals surface area contributed by atoms with Gasteiger partial charge in [0.2, 0.25) is 5.91 Å². The summed E-state index contributed by atoms with van der Waals surface area (Å²) in [4.78, 5) is 17.5. The molecule has 1 amide bonds. The molecule has 1 rings (SSSR count). The fourth-order valence-corrected chi connectivity index (χ4v) is 3.65. The van der Waals surface area contributed by atoms with E-state index in [4.69, 9.17) is 0 Å². The Labute approximate surface area is 129 Å². The van der Waals surface area contributed by atoms with Crippen molar-refractivity contribution in [3.8, 4) is 0 Å². The van der Waals surface area contributed by atoms with Crippen molar-refractivity contribution in [3.05, 3.63) is 0 Å². The number of hydrogen-bond acceptors (Lipinski definition) is 2. The number of nitrogens with one attached hydrogen (secondary N) is 2. The summed E-state index contributed by atoms with van der Waals surface area (Å²) in [7, 11) is 5.26. The van der Waals surface area contributed by atoms with Crippen LogP contribution in [0, 0.1) is 10.8 Å². The Bertz CT molecular complexity index is 383. The highest BCUT2D eigenvalue weighted by molar-refractivity contribution is 5.86. The van der Waals surface area contributed by atoms with Crippen LogP contribution in [0.25, 0.3) is 0 Å². The lowest BCUT2D eigenvalue weighted by molar-refractivity contribution is -0.127. The van der Waals surface area contributed by atoms with E-state index in [-0.39, 0.29) is 12.5 Å². The summed E-state index contributed by atoms with van der Waals surface area (Å²) in [6.45, 7) is 9.58. The van der Waals surface area contributed by atoms with Gasteiger partial charge in [-0.2, -0.15) is 0 Å². The highest BCUT2D eigenvalue weighted by atomic mass is 16.2. The first-order chi connectivity index (χ1) is 9.54. The number of guanidine groups is 1. The Hall–Kier alpha value is -1.26. The van der Waals surface area contributed by atoms with Crippen LogP contribution in [0.15, 0.2) is 4.99 Å². The van der Waals surface area contributed by atoms with Gasteiger partial charge in [-0.05, 0) is 30.1 Å². The molecule has 5 heteroatoms. The molecule has 0 aliphatic heterocycles. The first-order valence-electron chi connectivity index (χ1n) is 7.72. The number of rotatable bonds is 3. The summed E-state index contributed by atoms with van der Waals surface area (Å²) >= 11 is 0. The molecule has 0 aromatic rings. The molecule has 122 valence electrons. The minimum atomic E-state index is 0.0438. The number of carbonyl (C=O) groups is 1. The highest BCUT2D eigenvalue weighted by Gasteiger charge is 2.38. The highest BCUT2D eigenvalue weighted by Crippen LogP contribution is 2.45. The third-order valence-electron chi connectivity index (χ3n) is 4.03. The van der Waals surface area contributed by atoms with E-state index in [0.29, 0.717) is 22.8 Å². The third-order valence-corrected chi connectivity index (χ3v) is 4.03. The molecule has 0 bridgehead atoms. The lowest BCUT2D eigenvalue weighted by Gasteiger charge is -2.45. The molecular weight excluding hydrogens is 264 g/mol. The van der Waals surface area contributed by atoms with Gasteiger partial charge in [0.05, 0.1) is 6.54 Å². The zero-order valence-electron chi connectivity index (χ0n) is 14.7. The molecule has 1 aliphatic rings. The second-order valence-corrected chi connectivity index (χ2v) is 7.97. The fraction of sp³-hybridized carbons (Fsp3) is 0.875. The van der Waals surface area contributed by atoms with Gasteiger partial charge in [-0.15, -0.1) is 0 Å². The van der Waals surface area contributed by atoms with Crippen molar-refractivity contribution >= 4 is 11.9 Å². The average molecular weight is 296 g/mol. The molecule has 2 N–H and O–H groups in total. The van der Waals surface area contributed by atoms with Crippen LogP contribution in [0.5, 0.6) is 0 Å². The van der Waals surface area contributed by atoms with Crippen LogP contribution in [0.2, 0.25) is 0 Å². The molecule has 1 saturated carbocycles. The van der Waals surface area contributed by atoms with Gasteiger partial charge in [-0.25, -0.2) is 0 Å². The molecule has 0 spiro atoms. The molecule has 1 aliphatic carbocycles. The molecular formula is C16H32N4O. The number of aliphatic imine (C=N–C) groups is 1. The van der Waals surface area contributed by atoms with Crippen molar-refractivity contribution in [1.82, 2.24) is 15.5 Å². The van der Waals surface area contributed by atoms with E-state index in [0.717, 1.165) is 12.8 Å². The Morgan fingerprint density at radius 1 is 1.19 bits per heavy atom. The molecule has 0 radical (unpaired) electrons. The second-order valence-electron chi connectivity index (χ2n) is 7.97. The van der Waals surface area contributed by atoms with E-state index >= 15 is 0 Å². The molecule has 5 nitrogen and oxygen atoms in total. The molecule has 0 atom stereocenters. The Balaban J connectivity index is 2.59. The maximum absolute atomic E-state index is 11.6. The van der Waals surface area contributed by atoms with Gasteiger partial charge < -0.3 is 15.5 Å². The van der Waals surface area contributed by atoms with Crippen LogP contribution >= 0.6 is 0 Å². The number of amides is 1. The van der Waals surface area contributed by atoms with E-state index in [1.54, 1.807) is 26.0 Å². The predicted octanol–water partition coefficient (Wildman–Crippen LogP) is 1.84. The van der Waals surface area contributed by atoms with Crippen LogP contribution in [-0.2, 0) is 4.79 Å². The van der Waals surface area contributed by atoms with E-state index < -0.39 is 0 Å². The van der Waals surface area contributed by atoms with E-state index in [2.05, 4.69) is 43.3 Å². The molecule has 0 saturated heterocycles. The lowest BCUT2D eigenvalue weighted by Crippen LogP contribution is -2.51. The largest absolute Gasteiger partial charge is 0.354 e. The van der Waals surface area contributed by atoms with Crippen molar-refractivity contribution in [1.29, 1.82) is 0 Å². The number of hydrogen-bond donors (Lipinski definition) is 2. The topological polar surface area (TPSA) is 56.7 Å². The van der Waals surface area contributed by atoms with Crippen molar-refractivity contribution < 1.29 is 4.79 Å². The summed E-state index contributed by atoms with van der Waals surface area (Å²) in [6.07, 6.45) is 3.49. The fourth-order valence-electron chi connectivity index (χ4n) is 3.65. The molecule has 1 fully saturated rings. The van der Waals surface area contributed by atoms with Gasteiger partial charge in [0, 0.05) is 27.2 Å². The lowest BCUT2D eigenvalue weighted by atomic mass is 9.63. The third kappa shape index (κ3) is 5.94. The summed E-state index contributed by atoms with van der Waals surface area (Å²) in [5.41, 5.74) is 0.662. The van der Waals surface area contributed by atoms with Crippen molar-refractivity contribution in [2.75, 3.05) is 27.7 Å². The van der Waals surface area contributed by atoms with Gasteiger partial charge in [0.1, 0.15) is 0 Å². The van der Waals surface area contributed by atoms with Crippen molar-refractivity contribution in [2.24, 2.45) is 15.8 Å². The van der Waals surface area contributed by atoms with Gasteiger partial charge in [0.15, 0.2) is 5.96 Å². The smallest absolute Gasteiger partial charge is 0.241 e. The Kier molecular flexibility index (Phi) is 5.65. The minimum absolute atomic E-state index is 0.0438. The summed E-state index contributed by atoms with van der Waals surface area (Å²) < 4.78 is 0. The number of likely N-dealkylation sites (N-methyl/N-ethyl adjacent to an activating group) is 1. The Morgan fingerprint density at radius 2 is 1.71 bits per heavy atom. The van der Waals surface area contributed by atoms with E-state index in [1.807, 2.05) is 0 Å². The van der Waals surface area contributed by atoms with E-state index in [1.165, 1.54) is 6.42 Å². The molecule has 0 unspecified atom stereocenters.